The van der Waals surface area contributed by atoms with Gasteiger partial charge in [0.15, 0.2) is 11.5 Å². The third-order valence-corrected chi connectivity index (χ3v) is 4.00. The lowest BCUT2D eigenvalue weighted by atomic mass is 10.1. The molecule has 118 valence electrons. The van der Waals surface area contributed by atoms with Gasteiger partial charge in [0.05, 0.1) is 17.7 Å². The van der Waals surface area contributed by atoms with Crippen LogP contribution in [0.2, 0.25) is 0 Å². The Labute approximate surface area is 136 Å². The van der Waals surface area contributed by atoms with Crippen molar-refractivity contribution < 1.29 is 9.47 Å². The molecule has 0 aromatic heterocycles. The van der Waals surface area contributed by atoms with Crippen LogP contribution in [0, 0.1) is 11.8 Å². The van der Waals surface area contributed by atoms with E-state index in [9.17, 15) is 0 Å². The van der Waals surface area contributed by atoms with Gasteiger partial charge in [-0.15, -0.1) is 0 Å². The van der Waals surface area contributed by atoms with Crippen molar-refractivity contribution in [3.8, 4) is 11.5 Å². The Balaban J connectivity index is 2.04. The lowest BCUT2D eigenvalue weighted by Crippen LogP contribution is -2.19. The lowest BCUT2D eigenvalue weighted by molar-refractivity contribution is 0.265. The Bertz CT molecular complexity index is 458. The summed E-state index contributed by atoms with van der Waals surface area (Å²) < 4.78 is 12.7. The zero-order valence-corrected chi connectivity index (χ0v) is 14.8. The molecule has 2 rings (SSSR count). The van der Waals surface area contributed by atoms with E-state index in [1.807, 2.05) is 6.92 Å². The highest BCUT2D eigenvalue weighted by molar-refractivity contribution is 9.10. The minimum atomic E-state index is 0.648. The second-order valence-corrected chi connectivity index (χ2v) is 6.97. The van der Waals surface area contributed by atoms with E-state index in [1.54, 1.807) is 0 Å². The van der Waals surface area contributed by atoms with Gasteiger partial charge in [-0.3, -0.25) is 0 Å². The van der Waals surface area contributed by atoms with Crippen LogP contribution in [0.4, 0.5) is 0 Å². The van der Waals surface area contributed by atoms with Crippen LogP contribution in [0.1, 0.15) is 39.2 Å². The topological polar surface area (TPSA) is 30.5 Å². The van der Waals surface area contributed by atoms with Gasteiger partial charge in [-0.2, -0.15) is 0 Å². The minimum Gasteiger partial charge on any atom is -0.490 e. The van der Waals surface area contributed by atoms with E-state index in [1.165, 1.54) is 18.4 Å². The fraction of sp³-hybridized carbons (Fsp3) is 0.647. The number of nitrogens with one attached hydrogen (secondary N) is 1. The maximum Gasteiger partial charge on any atom is 0.175 e. The van der Waals surface area contributed by atoms with Crippen molar-refractivity contribution in [2.75, 3.05) is 19.8 Å². The molecule has 0 unspecified atom stereocenters. The van der Waals surface area contributed by atoms with Crippen molar-refractivity contribution in [2.45, 2.75) is 40.2 Å². The summed E-state index contributed by atoms with van der Waals surface area (Å²) in [6.07, 6.45) is 2.58. The molecular weight excluding hydrogens is 330 g/mol. The van der Waals surface area contributed by atoms with Crippen molar-refractivity contribution in [2.24, 2.45) is 11.8 Å². The van der Waals surface area contributed by atoms with Crippen LogP contribution in [0.15, 0.2) is 16.6 Å². The summed E-state index contributed by atoms with van der Waals surface area (Å²) in [7, 11) is 0. The largest absolute Gasteiger partial charge is 0.490 e. The average Bonchev–Trinajstić information content (AvgIpc) is 3.22. The number of ether oxygens (including phenoxy) is 2. The molecular formula is C17H26BrNO2. The maximum absolute atomic E-state index is 5.95. The molecule has 21 heavy (non-hydrogen) atoms. The summed E-state index contributed by atoms with van der Waals surface area (Å²) >= 11 is 3.63. The van der Waals surface area contributed by atoms with E-state index in [0.717, 1.165) is 41.6 Å². The van der Waals surface area contributed by atoms with Crippen LogP contribution in [-0.2, 0) is 6.54 Å². The van der Waals surface area contributed by atoms with Gasteiger partial charge in [-0.05, 0) is 71.8 Å². The molecule has 0 radical (unpaired) electrons. The summed E-state index contributed by atoms with van der Waals surface area (Å²) in [5.74, 6) is 3.07. The second-order valence-electron chi connectivity index (χ2n) is 6.12. The summed E-state index contributed by atoms with van der Waals surface area (Å²) in [6.45, 7) is 9.73. The summed E-state index contributed by atoms with van der Waals surface area (Å²) in [5, 5.41) is 3.46. The highest BCUT2D eigenvalue weighted by Gasteiger charge is 2.23. The van der Waals surface area contributed by atoms with Crippen LogP contribution >= 0.6 is 15.9 Å². The van der Waals surface area contributed by atoms with Gasteiger partial charge >= 0.3 is 0 Å². The number of hydrogen-bond acceptors (Lipinski definition) is 3. The number of rotatable bonds is 9. The molecule has 1 saturated carbocycles. The van der Waals surface area contributed by atoms with Crippen LogP contribution in [0.5, 0.6) is 11.5 Å². The van der Waals surface area contributed by atoms with Gasteiger partial charge in [-0.25, -0.2) is 0 Å². The Kier molecular flexibility index (Phi) is 6.37. The molecule has 1 aliphatic rings. The normalized spacial score (nSPS) is 14.5. The van der Waals surface area contributed by atoms with Crippen LogP contribution in [0.25, 0.3) is 0 Å². The van der Waals surface area contributed by atoms with Crippen molar-refractivity contribution in [1.29, 1.82) is 0 Å². The van der Waals surface area contributed by atoms with Crippen molar-refractivity contribution in [3.05, 3.63) is 22.2 Å². The van der Waals surface area contributed by atoms with Crippen LogP contribution < -0.4 is 14.8 Å². The fourth-order valence-corrected chi connectivity index (χ4v) is 2.72. The van der Waals surface area contributed by atoms with E-state index in [4.69, 9.17) is 9.47 Å². The first kappa shape index (κ1) is 16.6. The minimum absolute atomic E-state index is 0.648. The zero-order valence-electron chi connectivity index (χ0n) is 13.2. The van der Waals surface area contributed by atoms with E-state index in [2.05, 4.69) is 47.2 Å². The Morgan fingerprint density at radius 3 is 2.67 bits per heavy atom. The molecule has 0 saturated heterocycles. The van der Waals surface area contributed by atoms with Gasteiger partial charge in [0.2, 0.25) is 0 Å². The van der Waals surface area contributed by atoms with Gasteiger partial charge in [-0.1, -0.05) is 13.8 Å². The van der Waals surface area contributed by atoms with Crippen molar-refractivity contribution in [3.63, 3.8) is 0 Å². The number of halogens is 1. The first-order chi connectivity index (χ1) is 10.1. The molecule has 1 fully saturated rings. The highest BCUT2D eigenvalue weighted by Crippen LogP contribution is 2.39. The third-order valence-electron chi connectivity index (χ3n) is 3.41. The van der Waals surface area contributed by atoms with Crippen LogP contribution in [-0.4, -0.2) is 19.8 Å². The van der Waals surface area contributed by atoms with Gasteiger partial charge < -0.3 is 14.8 Å². The SMILES string of the molecule is CCOc1cc(CNCC(C)C)cc(Br)c1OCC1CC1. The lowest BCUT2D eigenvalue weighted by Gasteiger charge is -2.16. The monoisotopic (exact) mass is 355 g/mol. The fourth-order valence-electron chi connectivity index (χ4n) is 2.12. The molecule has 1 N–H and O–H groups in total. The van der Waals surface area contributed by atoms with E-state index in [-0.39, 0.29) is 0 Å². The highest BCUT2D eigenvalue weighted by atomic mass is 79.9. The molecule has 0 heterocycles. The van der Waals surface area contributed by atoms with E-state index in [0.29, 0.717) is 12.5 Å². The summed E-state index contributed by atoms with van der Waals surface area (Å²) in [4.78, 5) is 0. The molecule has 3 nitrogen and oxygen atoms in total. The third kappa shape index (κ3) is 5.51. The molecule has 0 spiro atoms. The number of benzene rings is 1. The predicted molar refractivity (Wildman–Crippen MR) is 90.1 cm³/mol. The summed E-state index contributed by atoms with van der Waals surface area (Å²) in [5.41, 5.74) is 1.21. The Morgan fingerprint density at radius 2 is 2.05 bits per heavy atom. The van der Waals surface area contributed by atoms with Gasteiger partial charge in [0.25, 0.3) is 0 Å². The summed E-state index contributed by atoms with van der Waals surface area (Å²) in [6, 6.07) is 4.21. The zero-order chi connectivity index (χ0) is 15.2. The Morgan fingerprint density at radius 1 is 1.29 bits per heavy atom. The van der Waals surface area contributed by atoms with Gasteiger partial charge in [0.1, 0.15) is 0 Å². The van der Waals surface area contributed by atoms with Crippen molar-refractivity contribution >= 4 is 15.9 Å². The molecule has 4 heteroatoms. The first-order valence-electron chi connectivity index (χ1n) is 7.88. The Hall–Kier alpha value is -0.740. The maximum atomic E-state index is 5.95. The van der Waals surface area contributed by atoms with Crippen molar-refractivity contribution in [1.82, 2.24) is 5.32 Å². The molecule has 0 atom stereocenters. The predicted octanol–water partition coefficient (Wildman–Crippen LogP) is 4.38. The molecule has 0 aliphatic heterocycles. The quantitative estimate of drug-likeness (QED) is 0.712. The average molecular weight is 356 g/mol. The molecule has 1 aromatic rings. The standard InChI is InChI=1S/C17H26BrNO2/c1-4-20-16-8-14(10-19-9-12(2)3)7-15(18)17(16)21-11-13-5-6-13/h7-8,12-13,19H,4-6,9-11H2,1-3H3. The number of hydrogen-bond donors (Lipinski definition) is 1. The van der Waals surface area contributed by atoms with E-state index < -0.39 is 0 Å². The molecule has 0 amide bonds. The van der Waals surface area contributed by atoms with Gasteiger partial charge in [0, 0.05) is 6.54 Å². The van der Waals surface area contributed by atoms with E-state index >= 15 is 0 Å². The smallest absolute Gasteiger partial charge is 0.175 e. The second kappa shape index (κ2) is 8.04. The first-order valence-corrected chi connectivity index (χ1v) is 8.68. The molecule has 0 bridgehead atoms. The molecule has 1 aliphatic carbocycles. The molecule has 1 aromatic carbocycles. The van der Waals surface area contributed by atoms with Crippen LogP contribution in [0.3, 0.4) is 0 Å².